The number of nitrogens with one attached hydrogen (secondary N) is 2. The van der Waals surface area contributed by atoms with Crippen molar-refractivity contribution in [3.05, 3.63) is 83.3 Å². The molecular formula is C40H36Cl2N6O7S3. The molecule has 0 bridgehead atoms. The third kappa shape index (κ3) is 8.76. The molecule has 0 fully saturated rings. The maximum absolute atomic E-state index is 13.1. The topological polar surface area (TPSA) is 159 Å². The number of anilines is 1. The van der Waals surface area contributed by atoms with E-state index in [1.54, 1.807) is 15.9 Å². The summed E-state index contributed by atoms with van der Waals surface area (Å²) in [4.78, 5) is 39.4. The number of esters is 2. The van der Waals surface area contributed by atoms with E-state index < -0.39 is 0 Å². The number of H-pyrrole nitrogens is 1. The fourth-order valence-corrected chi connectivity index (χ4v) is 8.17. The Balaban J connectivity index is 0.000000162. The first-order valence-corrected chi connectivity index (χ1v) is 21.1. The van der Waals surface area contributed by atoms with Crippen molar-refractivity contribution >= 4 is 128 Å². The van der Waals surface area contributed by atoms with Crippen molar-refractivity contribution < 1.29 is 27.9 Å². The molecule has 13 nitrogen and oxygen atoms in total. The lowest BCUT2D eigenvalue weighted by Gasteiger charge is -2.03. The Labute approximate surface area is 354 Å². The maximum atomic E-state index is 13.1. The molecule has 0 unspecified atom stereocenters. The number of nitrogens with zero attached hydrogens (tertiary/aromatic N) is 4. The number of ether oxygens (including phenoxy) is 2. The normalized spacial score (nSPS) is 11.2. The Morgan fingerprint density at radius 2 is 1.43 bits per heavy atom. The third-order valence-electron chi connectivity index (χ3n) is 8.94. The lowest BCUT2D eigenvalue weighted by atomic mass is 10.2. The Bertz CT molecular complexity index is 2870. The van der Waals surface area contributed by atoms with Crippen molar-refractivity contribution in [1.29, 1.82) is 0 Å². The molecule has 58 heavy (non-hydrogen) atoms. The number of fused-ring (bicyclic) bond motifs is 6. The predicted octanol–water partition coefficient (Wildman–Crippen LogP) is 10.4. The van der Waals surface area contributed by atoms with Crippen LogP contribution in [0.25, 0.3) is 70.9 Å². The van der Waals surface area contributed by atoms with Gasteiger partial charge in [0.2, 0.25) is 0 Å². The van der Waals surface area contributed by atoms with E-state index in [0.717, 1.165) is 65.5 Å². The van der Waals surface area contributed by atoms with Crippen LogP contribution in [0, 0.1) is 0 Å². The van der Waals surface area contributed by atoms with Crippen LogP contribution in [0.5, 0.6) is 0 Å². The highest BCUT2D eigenvalue weighted by Gasteiger charge is 2.26. The van der Waals surface area contributed by atoms with Gasteiger partial charge in [0.15, 0.2) is 26.4 Å². The number of imidazole rings is 1. The number of hydrogen-bond acceptors (Lipinski definition) is 13. The molecule has 300 valence electrons. The molecule has 2 aromatic carbocycles. The van der Waals surface area contributed by atoms with Crippen LogP contribution in [0.2, 0.25) is 0 Å². The molecule has 7 aromatic heterocycles. The SMILES string of the molecule is CCOC(=O)CCCNc1nsc2c1[nH]c1cc(-c3ccccc3)oc12.CCOC(=O)CCCn1c(=O)n2c3cc(-c4ccccc4)oc3c3snc1c32.S=C(Cl)Cl. The summed E-state index contributed by atoms with van der Waals surface area (Å²) >= 11 is 16.3. The van der Waals surface area contributed by atoms with Crippen LogP contribution in [0.1, 0.15) is 39.5 Å². The second-order valence-corrected chi connectivity index (χ2v) is 16.0. The number of carbonyl (C=O) groups is 2. The summed E-state index contributed by atoms with van der Waals surface area (Å²) in [6.45, 7) is 5.46. The zero-order valence-electron chi connectivity index (χ0n) is 31.2. The summed E-state index contributed by atoms with van der Waals surface area (Å²) < 4.78 is 36.1. The molecule has 0 spiro atoms. The van der Waals surface area contributed by atoms with Crippen molar-refractivity contribution in [2.75, 3.05) is 25.1 Å². The van der Waals surface area contributed by atoms with Gasteiger partial charge in [-0.15, -0.1) is 0 Å². The van der Waals surface area contributed by atoms with E-state index in [1.807, 2.05) is 79.7 Å². The molecule has 7 heterocycles. The lowest BCUT2D eigenvalue weighted by molar-refractivity contribution is -0.144. The van der Waals surface area contributed by atoms with E-state index in [2.05, 4.69) is 31.3 Å². The fourth-order valence-electron chi connectivity index (χ4n) is 6.49. The van der Waals surface area contributed by atoms with Crippen molar-refractivity contribution in [3.8, 4) is 22.6 Å². The largest absolute Gasteiger partial charge is 0.466 e. The van der Waals surface area contributed by atoms with E-state index in [1.165, 1.54) is 23.1 Å². The lowest BCUT2D eigenvalue weighted by Crippen LogP contribution is -2.21. The highest BCUT2D eigenvalue weighted by Crippen LogP contribution is 2.39. The van der Waals surface area contributed by atoms with Crippen LogP contribution in [0.4, 0.5) is 5.82 Å². The Hall–Kier alpha value is -5.26. The number of thiocarbonyl (C=S) groups is 1. The number of benzene rings is 2. The molecule has 0 amide bonds. The van der Waals surface area contributed by atoms with Crippen molar-refractivity contribution in [3.63, 3.8) is 0 Å². The van der Waals surface area contributed by atoms with E-state index in [4.69, 9.17) is 41.5 Å². The van der Waals surface area contributed by atoms with Gasteiger partial charge in [-0.25, -0.2) is 4.79 Å². The minimum Gasteiger partial charge on any atom is -0.466 e. The highest BCUT2D eigenvalue weighted by atomic mass is 35.5. The van der Waals surface area contributed by atoms with Gasteiger partial charge in [0, 0.05) is 49.2 Å². The van der Waals surface area contributed by atoms with Crippen molar-refractivity contribution in [2.24, 2.45) is 0 Å². The average molecular weight is 880 g/mol. The third-order valence-corrected chi connectivity index (χ3v) is 10.6. The van der Waals surface area contributed by atoms with Crippen LogP contribution < -0.4 is 11.0 Å². The minimum absolute atomic E-state index is 0.0556. The summed E-state index contributed by atoms with van der Waals surface area (Å²) in [5.41, 5.74) is 7.46. The highest BCUT2D eigenvalue weighted by molar-refractivity contribution is 7.86. The van der Waals surface area contributed by atoms with Gasteiger partial charge in [-0.3, -0.25) is 18.6 Å². The smallest absolute Gasteiger partial charge is 0.335 e. The second kappa shape index (κ2) is 18.6. The summed E-state index contributed by atoms with van der Waals surface area (Å²) in [5.74, 6) is 1.94. The van der Waals surface area contributed by atoms with E-state index >= 15 is 0 Å². The Morgan fingerprint density at radius 3 is 2.07 bits per heavy atom. The quantitative estimate of drug-likeness (QED) is 0.0491. The number of rotatable bonds is 13. The number of aromatic nitrogens is 5. The number of furan rings is 2. The summed E-state index contributed by atoms with van der Waals surface area (Å²) in [7, 11) is 0. The van der Waals surface area contributed by atoms with Gasteiger partial charge in [-0.2, -0.15) is 8.75 Å². The first-order valence-electron chi connectivity index (χ1n) is 18.4. The maximum Gasteiger partial charge on any atom is 0.335 e. The van der Waals surface area contributed by atoms with Gasteiger partial charge >= 0.3 is 17.6 Å². The minimum atomic E-state index is -0.248. The van der Waals surface area contributed by atoms with Crippen LogP contribution in [-0.4, -0.2) is 58.2 Å². The molecule has 0 radical (unpaired) electrons. The fraction of sp³-hybridized carbons (Fsp3) is 0.250. The van der Waals surface area contributed by atoms with Crippen LogP contribution in [0.15, 0.2) is 86.4 Å². The molecule has 0 saturated carbocycles. The molecule has 0 aliphatic heterocycles. The zero-order chi connectivity index (χ0) is 40.8. The first-order chi connectivity index (χ1) is 28.2. The van der Waals surface area contributed by atoms with Gasteiger partial charge in [-0.1, -0.05) is 96.1 Å². The number of hydrogen-bond donors (Lipinski definition) is 2. The van der Waals surface area contributed by atoms with Gasteiger partial charge in [0.25, 0.3) is 0 Å². The Morgan fingerprint density at radius 1 is 0.845 bits per heavy atom. The van der Waals surface area contributed by atoms with E-state index in [-0.39, 0.29) is 27.8 Å². The molecule has 0 atom stereocenters. The second-order valence-electron chi connectivity index (χ2n) is 12.7. The predicted molar refractivity (Wildman–Crippen MR) is 235 cm³/mol. The van der Waals surface area contributed by atoms with Gasteiger partial charge < -0.3 is 28.6 Å². The molecule has 0 aliphatic carbocycles. The van der Waals surface area contributed by atoms with Crippen molar-refractivity contribution in [2.45, 2.75) is 46.1 Å². The van der Waals surface area contributed by atoms with E-state index in [9.17, 15) is 14.4 Å². The summed E-state index contributed by atoms with van der Waals surface area (Å²) in [5, 5.41) is 3.28. The molecule has 2 N–H and O–H groups in total. The summed E-state index contributed by atoms with van der Waals surface area (Å²) in [6.07, 6.45) is 1.91. The molecule has 9 rings (SSSR count). The molecule has 9 aromatic rings. The van der Waals surface area contributed by atoms with Crippen LogP contribution >= 0.6 is 58.5 Å². The molecule has 0 saturated heterocycles. The van der Waals surface area contributed by atoms with Gasteiger partial charge in [-0.05, 0) is 49.8 Å². The van der Waals surface area contributed by atoms with Crippen LogP contribution in [-0.2, 0) is 25.6 Å². The number of aryl methyl sites for hydroxylation is 1. The molecular weight excluding hydrogens is 844 g/mol. The number of aromatic amines is 1. The zero-order valence-corrected chi connectivity index (χ0v) is 35.2. The molecule has 18 heteroatoms. The standard InChI is InChI=1S/C20H17N3O4S.C19H19N3O3S.CCl2S/c1-2-26-15(24)9-6-10-22-19-16-18(28-21-19)17-13(23(16)20(22)25)11-14(27-17)12-7-4-3-5-8-12;1-2-24-15(23)9-6-10-20-19-16-18(26-22-19)17-13(21-16)11-14(25-17)12-7-4-3-5-8-12;2-1(3)4/h3-5,7-8,11H,2,6,9-10H2,1H3;3-5,7-8,11,21H,2,6,9-10H2,1H3,(H,20,22);. The molecule has 0 aliphatic rings. The first kappa shape index (κ1) is 40.9. The van der Waals surface area contributed by atoms with Crippen molar-refractivity contribution in [1.82, 2.24) is 22.7 Å². The monoisotopic (exact) mass is 878 g/mol. The average Bonchev–Trinajstić information content (AvgIpc) is 4.07. The van der Waals surface area contributed by atoms with Gasteiger partial charge in [0.1, 0.15) is 32.0 Å². The number of carbonyl (C=O) groups excluding carboxylic acids is 2. The van der Waals surface area contributed by atoms with E-state index in [0.29, 0.717) is 56.8 Å². The van der Waals surface area contributed by atoms with Gasteiger partial charge in [0.05, 0.1) is 24.2 Å². The van der Waals surface area contributed by atoms with Crippen LogP contribution in [0.3, 0.4) is 0 Å². The summed E-state index contributed by atoms with van der Waals surface area (Å²) in [6, 6.07) is 23.7. The number of halogens is 2. The Kier molecular flexibility index (Phi) is 13.1.